The molecule has 1 saturated heterocycles. The third kappa shape index (κ3) is 4.96. The van der Waals surface area contributed by atoms with E-state index in [-0.39, 0.29) is 24.5 Å². The van der Waals surface area contributed by atoms with Crippen LogP contribution < -0.4 is 0 Å². The minimum atomic E-state index is -0.705. The summed E-state index contributed by atoms with van der Waals surface area (Å²) >= 11 is 0. The summed E-state index contributed by atoms with van der Waals surface area (Å²) in [5.74, 6) is 0.0222. The van der Waals surface area contributed by atoms with Crippen LogP contribution in [-0.2, 0) is 29.1 Å². The summed E-state index contributed by atoms with van der Waals surface area (Å²) in [7, 11) is 0. The number of hydrogen-bond donors (Lipinski definition) is 1. The van der Waals surface area contributed by atoms with Gasteiger partial charge < -0.3 is 14.7 Å². The van der Waals surface area contributed by atoms with Crippen molar-refractivity contribution in [3.05, 3.63) is 108 Å². The van der Waals surface area contributed by atoms with Crippen LogP contribution in [0.4, 0.5) is 0 Å². The molecule has 0 bridgehead atoms. The molecule has 30 heavy (non-hydrogen) atoms. The Kier molecular flexibility index (Phi) is 6.57. The molecule has 0 aromatic heterocycles. The Hall–Kier alpha value is -2.95. The van der Waals surface area contributed by atoms with E-state index in [4.69, 9.17) is 4.74 Å². The van der Waals surface area contributed by atoms with Crippen LogP contribution in [0.2, 0.25) is 0 Å². The van der Waals surface area contributed by atoms with Crippen molar-refractivity contribution >= 4 is 5.91 Å². The fourth-order valence-corrected chi connectivity index (χ4v) is 4.12. The number of nitrogens with zero attached hydrogens (tertiary/aromatic N) is 1. The number of carbonyl (C=O) groups is 1. The van der Waals surface area contributed by atoms with Gasteiger partial charge >= 0.3 is 0 Å². The van der Waals surface area contributed by atoms with Gasteiger partial charge in [-0.1, -0.05) is 91.0 Å². The van der Waals surface area contributed by atoms with E-state index in [1.54, 1.807) is 4.90 Å². The number of carbonyl (C=O) groups excluding carboxylic acids is 1. The van der Waals surface area contributed by atoms with Crippen molar-refractivity contribution in [2.45, 2.75) is 44.2 Å². The minimum Gasteiger partial charge on any atom is -0.391 e. The van der Waals surface area contributed by atoms with Gasteiger partial charge in [0.1, 0.15) is 0 Å². The Morgan fingerprint density at radius 3 is 1.97 bits per heavy atom. The van der Waals surface area contributed by atoms with Gasteiger partial charge in [0, 0.05) is 13.0 Å². The first-order valence-electron chi connectivity index (χ1n) is 10.4. The van der Waals surface area contributed by atoms with Crippen LogP contribution in [0.5, 0.6) is 0 Å². The van der Waals surface area contributed by atoms with Crippen molar-refractivity contribution in [2.75, 3.05) is 0 Å². The van der Waals surface area contributed by atoms with E-state index in [2.05, 4.69) is 0 Å². The lowest BCUT2D eigenvalue weighted by Crippen LogP contribution is -2.47. The van der Waals surface area contributed by atoms with Gasteiger partial charge in [-0.25, -0.2) is 0 Å². The minimum absolute atomic E-state index is 0.0222. The number of hydrogen-bond acceptors (Lipinski definition) is 3. The van der Waals surface area contributed by atoms with Crippen molar-refractivity contribution in [1.29, 1.82) is 0 Å². The van der Waals surface area contributed by atoms with E-state index in [1.165, 1.54) is 0 Å². The molecule has 3 atom stereocenters. The molecule has 1 N–H and O–H groups in total. The van der Waals surface area contributed by atoms with Crippen molar-refractivity contribution < 1.29 is 14.6 Å². The van der Waals surface area contributed by atoms with Crippen molar-refractivity contribution in [3.8, 4) is 0 Å². The molecule has 1 aliphatic rings. The summed E-state index contributed by atoms with van der Waals surface area (Å²) < 4.78 is 6.18. The molecule has 1 amide bonds. The molecule has 1 heterocycles. The first kappa shape index (κ1) is 20.3. The summed E-state index contributed by atoms with van der Waals surface area (Å²) in [5, 5.41) is 11.2. The van der Waals surface area contributed by atoms with Crippen LogP contribution in [-0.4, -0.2) is 34.2 Å². The lowest BCUT2D eigenvalue weighted by molar-refractivity contribution is -0.131. The quantitative estimate of drug-likeness (QED) is 0.621. The summed E-state index contributed by atoms with van der Waals surface area (Å²) in [6.07, 6.45) is -0.283. The van der Waals surface area contributed by atoms with E-state index in [1.807, 2.05) is 91.0 Å². The molecule has 0 spiro atoms. The lowest BCUT2D eigenvalue weighted by Gasteiger charge is -2.32. The maximum absolute atomic E-state index is 12.9. The van der Waals surface area contributed by atoms with Gasteiger partial charge in [-0.05, 0) is 16.7 Å². The number of likely N-dealkylation sites (tertiary alicyclic amines) is 1. The molecule has 154 valence electrons. The summed E-state index contributed by atoms with van der Waals surface area (Å²) in [5.41, 5.74) is 3.15. The summed E-state index contributed by atoms with van der Waals surface area (Å²) in [4.78, 5) is 14.7. The third-order valence-electron chi connectivity index (χ3n) is 5.62. The zero-order valence-corrected chi connectivity index (χ0v) is 16.9. The van der Waals surface area contributed by atoms with Crippen LogP contribution in [0.25, 0.3) is 0 Å². The average molecular weight is 402 g/mol. The number of ether oxygens (including phenoxy) is 1. The van der Waals surface area contributed by atoms with E-state index in [0.29, 0.717) is 19.6 Å². The highest BCUT2D eigenvalue weighted by molar-refractivity contribution is 5.80. The Morgan fingerprint density at radius 2 is 1.37 bits per heavy atom. The van der Waals surface area contributed by atoms with Crippen molar-refractivity contribution in [1.82, 2.24) is 4.90 Å². The van der Waals surface area contributed by atoms with Gasteiger partial charge in [0.25, 0.3) is 0 Å². The Labute approximate surface area is 177 Å². The molecule has 1 aliphatic heterocycles. The molecule has 1 fully saturated rings. The SMILES string of the molecule is O=C1C[C@H](OCc2ccccc2)[C@H]([C@H](O)Cc2ccccc2)N1Cc1ccccc1. The fraction of sp³-hybridized carbons (Fsp3) is 0.269. The molecule has 0 radical (unpaired) electrons. The normalized spacial score (nSPS) is 19.8. The molecule has 3 aromatic rings. The summed E-state index contributed by atoms with van der Waals surface area (Å²) in [6.45, 7) is 0.897. The van der Waals surface area contributed by atoms with Crippen molar-refractivity contribution in [2.24, 2.45) is 0 Å². The monoisotopic (exact) mass is 401 g/mol. The third-order valence-corrected chi connectivity index (χ3v) is 5.62. The fourth-order valence-electron chi connectivity index (χ4n) is 4.12. The zero-order valence-electron chi connectivity index (χ0n) is 16.9. The van der Waals surface area contributed by atoms with Crippen LogP contribution >= 0.6 is 0 Å². The highest BCUT2D eigenvalue weighted by Crippen LogP contribution is 2.29. The first-order chi connectivity index (χ1) is 14.7. The topological polar surface area (TPSA) is 49.8 Å². The number of rotatable bonds is 8. The predicted octanol–water partition coefficient (Wildman–Crippen LogP) is 3.98. The van der Waals surface area contributed by atoms with Crippen LogP contribution in [0.15, 0.2) is 91.0 Å². The second-order valence-corrected chi connectivity index (χ2v) is 7.79. The number of benzene rings is 3. The van der Waals surface area contributed by atoms with Gasteiger partial charge in [-0.2, -0.15) is 0 Å². The van der Waals surface area contributed by atoms with Crippen molar-refractivity contribution in [3.63, 3.8) is 0 Å². The molecule has 4 nitrogen and oxygen atoms in total. The van der Waals surface area contributed by atoms with E-state index < -0.39 is 6.10 Å². The Morgan fingerprint density at radius 1 is 0.833 bits per heavy atom. The maximum atomic E-state index is 12.9. The lowest BCUT2D eigenvalue weighted by atomic mass is 9.98. The largest absolute Gasteiger partial charge is 0.391 e. The molecule has 0 saturated carbocycles. The molecule has 0 aliphatic carbocycles. The molecular formula is C26H27NO3. The Bertz CT molecular complexity index is 930. The molecule has 3 aromatic carbocycles. The molecule has 4 heteroatoms. The number of aliphatic hydroxyl groups is 1. The second kappa shape index (κ2) is 9.70. The average Bonchev–Trinajstić information content (AvgIpc) is 3.09. The number of aliphatic hydroxyl groups excluding tert-OH is 1. The Balaban J connectivity index is 1.53. The van der Waals surface area contributed by atoms with Crippen LogP contribution in [0, 0.1) is 0 Å². The molecular weight excluding hydrogens is 374 g/mol. The van der Waals surface area contributed by atoms with E-state index in [0.717, 1.165) is 16.7 Å². The molecule has 4 rings (SSSR count). The highest BCUT2D eigenvalue weighted by Gasteiger charge is 2.44. The summed E-state index contributed by atoms with van der Waals surface area (Å²) in [6, 6.07) is 29.3. The smallest absolute Gasteiger partial charge is 0.226 e. The van der Waals surface area contributed by atoms with Gasteiger partial charge in [0.15, 0.2) is 0 Å². The van der Waals surface area contributed by atoms with Gasteiger partial charge in [0.2, 0.25) is 5.91 Å². The van der Waals surface area contributed by atoms with Crippen LogP contribution in [0.3, 0.4) is 0 Å². The molecule has 0 unspecified atom stereocenters. The van der Waals surface area contributed by atoms with E-state index >= 15 is 0 Å². The van der Waals surface area contributed by atoms with Gasteiger partial charge in [-0.15, -0.1) is 0 Å². The number of amides is 1. The van der Waals surface area contributed by atoms with Gasteiger partial charge in [0.05, 0.1) is 31.3 Å². The van der Waals surface area contributed by atoms with Gasteiger partial charge in [-0.3, -0.25) is 4.79 Å². The zero-order chi connectivity index (χ0) is 20.8. The standard InChI is InChI=1S/C26H27NO3/c28-23(16-20-10-4-1-5-11-20)26-24(30-19-22-14-8-3-9-15-22)17-25(29)27(26)18-21-12-6-2-7-13-21/h1-15,23-24,26,28H,16-19H2/t23-,24+,26+/m1/s1. The first-order valence-corrected chi connectivity index (χ1v) is 10.4. The second-order valence-electron chi connectivity index (χ2n) is 7.79. The van der Waals surface area contributed by atoms with Crippen LogP contribution in [0.1, 0.15) is 23.1 Å². The van der Waals surface area contributed by atoms with E-state index in [9.17, 15) is 9.90 Å². The predicted molar refractivity (Wildman–Crippen MR) is 117 cm³/mol. The highest BCUT2D eigenvalue weighted by atomic mass is 16.5. The maximum Gasteiger partial charge on any atom is 0.226 e.